The van der Waals surface area contributed by atoms with Gasteiger partial charge in [-0.2, -0.15) is 0 Å². The topological polar surface area (TPSA) is 46.5 Å². The molecule has 0 radical (unpaired) electrons. The Labute approximate surface area is 92.1 Å². The Kier molecular flexibility index (Phi) is 6.84. The van der Waals surface area contributed by atoms with Crippen molar-refractivity contribution in [1.29, 1.82) is 0 Å². The third kappa shape index (κ3) is 6.15. The standard InChI is InChI=1S/C12H22O3/c1-5-10(6-2)7-8-11(9(3)4)15-12(13)14/h8-10H,5-7H2,1-4H3,(H,13,14)/b11-8-. The van der Waals surface area contributed by atoms with E-state index in [-0.39, 0.29) is 5.92 Å². The van der Waals surface area contributed by atoms with Crippen LogP contribution < -0.4 is 0 Å². The quantitative estimate of drug-likeness (QED) is 0.536. The molecule has 0 saturated carbocycles. The zero-order valence-electron chi connectivity index (χ0n) is 10.1. The number of hydrogen-bond donors (Lipinski definition) is 1. The van der Waals surface area contributed by atoms with Gasteiger partial charge in [0.1, 0.15) is 5.76 Å². The van der Waals surface area contributed by atoms with E-state index in [1.165, 1.54) is 0 Å². The Morgan fingerprint density at radius 3 is 2.20 bits per heavy atom. The minimum Gasteiger partial charge on any atom is -0.449 e. The minimum atomic E-state index is -1.22. The lowest BCUT2D eigenvalue weighted by Crippen LogP contribution is -2.06. The average Bonchev–Trinajstić information content (AvgIpc) is 2.16. The Morgan fingerprint density at radius 1 is 1.33 bits per heavy atom. The molecule has 0 amide bonds. The summed E-state index contributed by atoms with van der Waals surface area (Å²) in [5.41, 5.74) is 0. The van der Waals surface area contributed by atoms with Gasteiger partial charge in [0.15, 0.2) is 0 Å². The van der Waals surface area contributed by atoms with Crippen LogP contribution in [0.25, 0.3) is 0 Å². The van der Waals surface area contributed by atoms with Crippen LogP contribution in [0.5, 0.6) is 0 Å². The summed E-state index contributed by atoms with van der Waals surface area (Å²) < 4.78 is 4.73. The Morgan fingerprint density at radius 2 is 1.87 bits per heavy atom. The van der Waals surface area contributed by atoms with Crippen LogP contribution in [0.1, 0.15) is 47.0 Å². The fourth-order valence-electron chi connectivity index (χ4n) is 1.40. The smallest absolute Gasteiger partial charge is 0.449 e. The lowest BCUT2D eigenvalue weighted by atomic mass is 9.98. The SMILES string of the molecule is CCC(CC)C/C=C(\OC(=O)O)C(C)C. The molecule has 0 fully saturated rings. The predicted molar refractivity (Wildman–Crippen MR) is 60.7 cm³/mol. The molecule has 0 aliphatic rings. The second kappa shape index (κ2) is 7.32. The lowest BCUT2D eigenvalue weighted by Gasteiger charge is -2.12. The molecule has 0 spiro atoms. The molecule has 0 aromatic rings. The maximum atomic E-state index is 10.4. The molecule has 0 aliphatic heterocycles. The van der Waals surface area contributed by atoms with E-state index in [4.69, 9.17) is 9.84 Å². The van der Waals surface area contributed by atoms with Crippen molar-refractivity contribution < 1.29 is 14.6 Å². The van der Waals surface area contributed by atoms with Crippen molar-refractivity contribution in [2.24, 2.45) is 11.8 Å². The van der Waals surface area contributed by atoms with Crippen LogP contribution in [-0.2, 0) is 4.74 Å². The zero-order chi connectivity index (χ0) is 11.8. The van der Waals surface area contributed by atoms with Gasteiger partial charge in [-0.25, -0.2) is 4.79 Å². The molecule has 0 unspecified atom stereocenters. The molecule has 0 rings (SSSR count). The first-order chi connectivity index (χ1) is 7.01. The van der Waals surface area contributed by atoms with Gasteiger partial charge < -0.3 is 9.84 Å². The lowest BCUT2D eigenvalue weighted by molar-refractivity contribution is 0.111. The Balaban J connectivity index is 4.34. The van der Waals surface area contributed by atoms with Crippen LogP contribution in [-0.4, -0.2) is 11.3 Å². The molecule has 0 atom stereocenters. The van der Waals surface area contributed by atoms with Crippen molar-refractivity contribution in [3.8, 4) is 0 Å². The molecule has 15 heavy (non-hydrogen) atoms. The van der Waals surface area contributed by atoms with Crippen molar-refractivity contribution in [3.63, 3.8) is 0 Å². The van der Waals surface area contributed by atoms with Crippen molar-refractivity contribution in [2.75, 3.05) is 0 Å². The van der Waals surface area contributed by atoms with Crippen LogP contribution in [0.2, 0.25) is 0 Å². The van der Waals surface area contributed by atoms with Crippen LogP contribution in [0, 0.1) is 11.8 Å². The van der Waals surface area contributed by atoms with Crippen molar-refractivity contribution >= 4 is 6.16 Å². The highest BCUT2D eigenvalue weighted by molar-refractivity contribution is 5.58. The number of rotatable bonds is 6. The third-order valence-electron chi connectivity index (χ3n) is 2.58. The van der Waals surface area contributed by atoms with Gasteiger partial charge in [-0.3, -0.25) is 0 Å². The van der Waals surface area contributed by atoms with E-state index in [0.717, 1.165) is 19.3 Å². The van der Waals surface area contributed by atoms with E-state index < -0.39 is 6.16 Å². The molecule has 1 N–H and O–H groups in total. The van der Waals surface area contributed by atoms with E-state index in [9.17, 15) is 4.79 Å². The monoisotopic (exact) mass is 214 g/mol. The van der Waals surface area contributed by atoms with Crippen LogP contribution in [0.3, 0.4) is 0 Å². The number of hydrogen-bond acceptors (Lipinski definition) is 2. The summed E-state index contributed by atoms with van der Waals surface area (Å²) in [4.78, 5) is 10.4. The highest BCUT2D eigenvalue weighted by atomic mass is 16.7. The number of carbonyl (C=O) groups is 1. The fourth-order valence-corrected chi connectivity index (χ4v) is 1.40. The predicted octanol–water partition coefficient (Wildman–Crippen LogP) is 4.05. The Bertz CT molecular complexity index is 215. The summed E-state index contributed by atoms with van der Waals surface area (Å²) in [6, 6.07) is 0. The summed E-state index contributed by atoms with van der Waals surface area (Å²) in [5, 5.41) is 8.55. The van der Waals surface area contributed by atoms with Gasteiger partial charge in [0.2, 0.25) is 0 Å². The van der Waals surface area contributed by atoms with Gasteiger partial charge >= 0.3 is 6.16 Å². The first-order valence-corrected chi connectivity index (χ1v) is 5.62. The number of ether oxygens (including phenoxy) is 1. The maximum absolute atomic E-state index is 10.4. The van der Waals surface area contributed by atoms with Gasteiger partial charge in [-0.15, -0.1) is 0 Å². The largest absolute Gasteiger partial charge is 0.511 e. The first-order valence-electron chi connectivity index (χ1n) is 5.62. The molecular weight excluding hydrogens is 192 g/mol. The van der Waals surface area contributed by atoms with E-state index in [1.807, 2.05) is 19.9 Å². The van der Waals surface area contributed by atoms with E-state index in [0.29, 0.717) is 11.7 Å². The zero-order valence-corrected chi connectivity index (χ0v) is 10.1. The molecular formula is C12H22O3. The third-order valence-corrected chi connectivity index (χ3v) is 2.58. The summed E-state index contributed by atoms with van der Waals surface area (Å²) in [6.07, 6.45) is 3.82. The summed E-state index contributed by atoms with van der Waals surface area (Å²) >= 11 is 0. The molecule has 3 heteroatoms. The molecule has 0 aromatic carbocycles. The van der Waals surface area contributed by atoms with E-state index >= 15 is 0 Å². The molecule has 0 saturated heterocycles. The van der Waals surface area contributed by atoms with Crippen molar-refractivity contribution in [1.82, 2.24) is 0 Å². The molecule has 3 nitrogen and oxygen atoms in total. The maximum Gasteiger partial charge on any atom is 0.511 e. The average molecular weight is 214 g/mol. The van der Waals surface area contributed by atoms with Gasteiger partial charge in [0.25, 0.3) is 0 Å². The number of allylic oxidation sites excluding steroid dienone is 2. The minimum absolute atomic E-state index is 0.121. The highest BCUT2D eigenvalue weighted by Crippen LogP contribution is 2.18. The van der Waals surface area contributed by atoms with Gasteiger partial charge in [-0.1, -0.05) is 40.5 Å². The molecule has 88 valence electrons. The van der Waals surface area contributed by atoms with E-state index in [1.54, 1.807) is 0 Å². The second-order valence-electron chi connectivity index (χ2n) is 4.05. The summed E-state index contributed by atoms with van der Waals surface area (Å²) in [5.74, 6) is 1.31. The fraction of sp³-hybridized carbons (Fsp3) is 0.750. The van der Waals surface area contributed by atoms with Gasteiger partial charge in [0, 0.05) is 5.92 Å². The van der Waals surface area contributed by atoms with Crippen LogP contribution in [0.15, 0.2) is 11.8 Å². The van der Waals surface area contributed by atoms with E-state index in [2.05, 4.69) is 13.8 Å². The molecule has 0 aliphatic carbocycles. The normalized spacial score (nSPS) is 12.3. The molecule has 0 heterocycles. The Hall–Kier alpha value is -0.990. The summed E-state index contributed by atoms with van der Waals surface area (Å²) in [7, 11) is 0. The second-order valence-corrected chi connectivity index (χ2v) is 4.05. The van der Waals surface area contributed by atoms with Crippen molar-refractivity contribution in [2.45, 2.75) is 47.0 Å². The molecule has 0 bridgehead atoms. The van der Waals surface area contributed by atoms with Gasteiger partial charge in [-0.05, 0) is 18.4 Å². The van der Waals surface area contributed by atoms with Crippen LogP contribution >= 0.6 is 0 Å². The summed E-state index contributed by atoms with van der Waals surface area (Å²) in [6.45, 7) is 8.16. The number of carboxylic acid groups (broad SMARTS) is 1. The van der Waals surface area contributed by atoms with Crippen molar-refractivity contribution in [3.05, 3.63) is 11.8 Å². The highest BCUT2D eigenvalue weighted by Gasteiger charge is 2.10. The van der Waals surface area contributed by atoms with Crippen LogP contribution in [0.4, 0.5) is 4.79 Å². The first kappa shape index (κ1) is 14.0. The molecule has 0 aromatic heterocycles. The van der Waals surface area contributed by atoms with Gasteiger partial charge in [0.05, 0.1) is 0 Å².